The van der Waals surface area contributed by atoms with Crippen molar-refractivity contribution in [1.29, 1.82) is 0 Å². The summed E-state index contributed by atoms with van der Waals surface area (Å²) in [6.45, 7) is 0. The molecule has 0 saturated carbocycles. The van der Waals surface area contributed by atoms with Gasteiger partial charge >= 0.3 is 8.80 Å². The van der Waals surface area contributed by atoms with Gasteiger partial charge in [-0.05, 0) is 30.5 Å². The average Bonchev–Trinajstić information content (AvgIpc) is 2.38. The van der Waals surface area contributed by atoms with Crippen LogP contribution in [0.2, 0.25) is 6.04 Å². The van der Waals surface area contributed by atoms with E-state index in [4.69, 9.17) is 13.3 Å². The van der Waals surface area contributed by atoms with Gasteiger partial charge in [0.15, 0.2) is 0 Å². The van der Waals surface area contributed by atoms with Crippen LogP contribution in [0.5, 0.6) is 5.75 Å². The van der Waals surface area contributed by atoms with E-state index in [0.29, 0.717) is 5.75 Å². The summed E-state index contributed by atoms with van der Waals surface area (Å²) in [7, 11) is 2.44. The van der Waals surface area contributed by atoms with Crippen LogP contribution in [0.3, 0.4) is 0 Å². The lowest BCUT2D eigenvalue weighted by molar-refractivity contribution is 0.123. The molecule has 5 heteroatoms. The molecular formula is C12H20O4Si. The highest BCUT2D eigenvalue weighted by atomic mass is 28.4. The monoisotopic (exact) mass is 256 g/mol. The highest BCUT2D eigenvalue weighted by molar-refractivity contribution is 6.60. The zero-order valence-corrected chi connectivity index (χ0v) is 11.6. The second-order valence-corrected chi connectivity index (χ2v) is 6.91. The number of aryl methyl sites for hydroxylation is 1. The van der Waals surface area contributed by atoms with Crippen LogP contribution in [-0.2, 0) is 19.7 Å². The van der Waals surface area contributed by atoms with Gasteiger partial charge in [-0.2, -0.15) is 0 Å². The van der Waals surface area contributed by atoms with Gasteiger partial charge in [0.1, 0.15) is 5.75 Å². The second-order valence-electron chi connectivity index (χ2n) is 3.82. The molecule has 4 nitrogen and oxygen atoms in total. The third kappa shape index (κ3) is 4.12. The third-order valence-electron chi connectivity index (χ3n) is 2.82. The van der Waals surface area contributed by atoms with Crippen LogP contribution in [0.15, 0.2) is 24.3 Å². The number of aromatic hydroxyl groups is 1. The Morgan fingerprint density at radius 3 is 2.00 bits per heavy atom. The third-order valence-corrected chi connectivity index (χ3v) is 5.65. The predicted molar refractivity (Wildman–Crippen MR) is 68.0 cm³/mol. The van der Waals surface area contributed by atoms with Crippen molar-refractivity contribution in [3.63, 3.8) is 0 Å². The van der Waals surface area contributed by atoms with E-state index in [1.807, 2.05) is 12.1 Å². The molecule has 0 radical (unpaired) electrons. The SMILES string of the molecule is CO[Si](CCCc1ccc(O)cc1)(OC)OC. The maximum atomic E-state index is 9.17. The molecular weight excluding hydrogens is 236 g/mol. The maximum Gasteiger partial charge on any atom is 0.500 e. The fourth-order valence-corrected chi connectivity index (χ4v) is 3.45. The van der Waals surface area contributed by atoms with Crippen molar-refractivity contribution in [2.75, 3.05) is 21.3 Å². The van der Waals surface area contributed by atoms with E-state index in [2.05, 4.69) is 0 Å². The molecule has 0 bridgehead atoms. The van der Waals surface area contributed by atoms with Gasteiger partial charge in [-0.15, -0.1) is 0 Å². The highest BCUT2D eigenvalue weighted by Crippen LogP contribution is 2.18. The quantitative estimate of drug-likeness (QED) is 0.760. The summed E-state index contributed by atoms with van der Waals surface area (Å²) in [6.07, 6.45) is 1.86. The molecule has 0 heterocycles. The Balaban J connectivity index is 2.43. The summed E-state index contributed by atoms with van der Waals surface area (Å²) in [4.78, 5) is 0. The largest absolute Gasteiger partial charge is 0.508 e. The molecule has 17 heavy (non-hydrogen) atoms. The van der Waals surface area contributed by atoms with Crippen molar-refractivity contribution in [2.45, 2.75) is 18.9 Å². The molecule has 1 rings (SSSR count). The molecule has 96 valence electrons. The number of phenols is 1. The van der Waals surface area contributed by atoms with E-state index < -0.39 is 8.80 Å². The van der Waals surface area contributed by atoms with Gasteiger partial charge in [-0.3, -0.25) is 0 Å². The van der Waals surface area contributed by atoms with Crippen LogP contribution < -0.4 is 0 Å². The minimum atomic E-state index is -2.43. The number of hydrogen-bond donors (Lipinski definition) is 1. The molecule has 0 saturated heterocycles. The Bertz CT molecular complexity index is 314. The Labute approximate surface area is 104 Å². The molecule has 0 aliphatic heterocycles. The van der Waals surface area contributed by atoms with Gasteiger partial charge in [-0.1, -0.05) is 12.1 Å². The zero-order chi connectivity index (χ0) is 12.7. The maximum absolute atomic E-state index is 9.17. The highest BCUT2D eigenvalue weighted by Gasteiger charge is 2.36. The van der Waals surface area contributed by atoms with E-state index in [1.54, 1.807) is 33.5 Å². The van der Waals surface area contributed by atoms with Crippen molar-refractivity contribution in [2.24, 2.45) is 0 Å². The Morgan fingerprint density at radius 1 is 1.00 bits per heavy atom. The number of phenolic OH excluding ortho intramolecular Hbond substituents is 1. The number of benzene rings is 1. The van der Waals surface area contributed by atoms with Crippen LogP contribution in [0, 0.1) is 0 Å². The molecule has 0 unspecified atom stereocenters. The van der Waals surface area contributed by atoms with Crippen molar-refractivity contribution in [3.8, 4) is 5.75 Å². The van der Waals surface area contributed by atoms with Crippen molar-refractivity contribution < 1.29 is 18.4 Å². The molecule has 1 aromatic rings. The molecule has 0 atom stereocenters. The fraction of sp³-hybridized carbons (Fsp3) is 0.500. The van der Waals surface area contributed by atoms with Crippen LogP contribution in [0.1, 0.15) is 12.0 Å². The molecule has 0 aliphatic carbocycles. The topological polar surface area (TPSA) is 47.9 Å². The molecule has 0 aromatic heterocycles. The standard InChI is InChI=1S/C12H20O4Si/c1-14-17(15-2,16-3)10-4-5-11-6-8-12(13)9-7-11/h6-9,13H,4-5,10H2,1-3H3. The minimum Gasteiger partial charge on any atom is -0.508 e. The van der Waals surface area contributed by atoms with Crippen LogP contribution in [0.25, 0.3) is 0 Å². The molecule has 0 amide bonds. The zero-order valence-electron chi connectivity index (χ0n) is 10.6. The summed E-state index contributed by atoms with van der Waals surface area (Å²) in [6, 6.07) is 8.03. The summed E-state index contributed by atoms with van der Waals surface area (Å²) >= 11 is 0. The number of rotatable bonds is 7. The first-order chi connectivity index (χ1) is 8.15. The lowest BCUT2D eigenvalue weighted by atomic mass is 10.1. The summed E-state index contributed by atoms with van der Waals surface area (Å²) in [5.41, 5.74) is 1.19. The fourth-order valence-electron chi connectivity index (χ4n) is 1.73. The molecule has 0 spiro atoms. The molecule has 1 aromatic carbocycles. The summed E-state index contributed by atoms with van der Waals surface area (Å²) in [5, 5.41) is 9.17. The summed E-state index contributed by atoms with van der Waals surface area (Å²) < 4.78 is 16.0. The van der Waals surface area contributed by atoms with E-state index in [9.17, 15) is 5.11 Å². The van der Waals surface area contributed by atoms with E-state index in [1.165, 1.54) is 5.56 Å². The first-order valence-electron chi connectivity index (χ1n) is 5.59. The molecule has 0 fully saturated rings. The number of hydrogen-bond acceptors (Lipinski definition) is 4. The predicted octanol–water partition coefficient (Wildman–Crippen LogP) is 2.20. The average molecular weight is 256 g/mol. The van der Waals surface area contributed by atoms with Crippen molar-refractivity contribution in [3.05, 3.63) is 29.8 Å². The Kier molecular flexibility index (Phi) is 5.63. The lowest BCUT2D eigenvalue weighted by Gasteiger charge is -2.24. The lowest BCUT2D eigenvalue weighted by Crippen LogP contribution is -2.42. The van der Waals surface area contributed by atoms with Crippen molar-refractivity contribution in [1.82, 2.24) is 0 Å². The Morgan fingerprint density at radius 2 is 1.53 bits per heavy atom. The smallest absolute Gasteiger partial charge is 0.500 e. The second kappa shape index (κ2) is 6.76. The molecule has 1 N–H and O–H groups in total. The van der Waals surface area contributed by atoms with Gasteiger partial charge < -0.3 is 18.4 Å². The Hall–Kier alpha value is -0.883. The van der Waals surface area contributed by atoms with Gasteiger partial charge in [-0.25, -0.2) is 0 Å². The van der Waals surface area contributed by atoms with E-state index in [0.717, 1.165) is 18.9 Å². The first-order valence-corrected chi connectivity index (χ1v) is 7.52. The van der Waals surface area contributed by atoms with Crippen LogP contribution >= 0.6 is 0 Å². The molecule has 0 aliphatic rings. The van der Waals surface area contributed by atoms with E-state index in [-0.39, 0.29) is 0 Å². The minimum absolute atomic E-state index is 0.295. The van der Waals surface area contributed by atoms with Gasteiger partial charge in [0.2, 0.25) is 0 Å². The van der Waals surface area contributed by atoms with E-state index >= 15 is 0 Å². The van der Waals surface area contributed by atoms with Gasteiger partial charge in [0, 0.05) is 27.4 Å². The normalized spacial score (nSPS) is 11.7. The summed E-state index contributed by atoms with van der Waals surface area (Å²) in [5.74, 6) is 0.295. The van der Waals surface area contributed by atoms with Gasteiger partial charge in [0.05, 0.1) is 0 Å². The van der Waals surface area contributed by atoms with Crippen LogP contribution in [0.4, 0.5) is 0 Å². The first kappa shape index (κ1) is 14.2. The van der Waals surface area contributed by atoms with Crippen LogP contribution in [-0.4, -0.2) is 35.2 Å². The van der Waals surface area contributed by atoms with Gasteiger partial charge in [0.25, 0.3) is 0 Å². The van der Waals surface area contributed by atoms with Crippen molar-refractivity contribution >= 4 is 8.80 Å².